The van der Waals surface area contributed by atoms with Gasteiger partial charge in [-0.25, -0.2) is 0 Å². The summed E-state index contributed by atoms with van der Waals surface area (Å²) in [5.41, 5.74) is 1.75. The molecule has 0 saturated carbocycles. The smallest absolute Gasteiger partial charge is 0.119 e. The molecule has 2 nitrogen and oxygen atoms in total. The van der Waals surface area contributed by atoms with Crippen LogP contribution in [0.15, 0.2) is 46.2 Å². The van der Waals surface area contributed by atoms with E-state index in [1.807, 2.05) is 12.1 Å². The molecule has 0 radical (unpaired) electrons. The summed E-state index contributed by atoms with van der Waals surface area (Å²) in [4.78, 5) is 2.24. The molecule has 2 aromatic rings. The zero-order chi connectivity index (χ0) is 18.8. The number of phenolic OH excluding ortho intramolecular Hbond substituents is 2. The van der Waals surface area contributed by atoms with Crippen LogP contribution >= 0.6 is 31.4 Å². The summed E-state index contributed by atoms with van der Waals surface area (Å²) >= 11 is 0. The van der Waals surface area contributed by atoms with Crippen molar-refractivity contribution in [2.75, 3.05) is 0 Å². The van der Waals surface area contributed by atoms with Crippen molar-refractivity contribution in [3.63, 3.8) is 0 Å². The second-order valence-corrected chi connectivity index (χ2v) is 12.1. The van der Waals surface area contributed by atoms with Crippen LogP contribution in [0.25, 0.3) is 0 Å². The fourth-order valence-corrected chi connectivity index (χ4v) is 6.12. The molecule has 0 spiro atoms. The molecule has 0 aliphatic rings. The van der Waals surface area contributed by atoms with Crippen LogP contribution in [0.2, 0.25) is 0 Å². The van der Waals surface area contributed by atoms with Gasteiger partial charge in [0, 0.05) is 20.9 Å². The van der Waals surface area contributed by atoms with Crippen LogP contribution < -0.4 is 0 Å². The summed E-state index contributed by atoms with van der Waals surface area (Å²) < 4.78 is 0. The Bertz CT molecular complexity index is 680. The van der Waals surface area contributed by atoms with E-state index in [0.29, 0.717) is 11.5 Å². The quantitative estimate of drug-likeness (QED) is 0.539. The van der Waals surface area contributed by atoms with E-state index >= 15 is 0 Å². The summed E-state index contributed by atoms with van der Waals surface area (Å²) in [6, 6.07) is 11.6. The molecule has 2 rings (SSSR count). The van der Waals surface area contributed by atoms with Crippen molar-refractivity contribution in [1.29, 1.82) is 0 Å². The fraction of sp³-hybridized carbons (Fsp3) is 0.400. The number of rotatable bonds is 4. The second kappa shape index (κ2) is 7.77. The lowest BCUT2D eigenvalue weighted by Gasteiger charge is -2.21. The standard InChI is InChI=1S/C20H26O2S3/c1-19(2,3)15-11-13(7-9-17(15)21)23-25-24-14-8-10-18(22)16(12-14)20(4,5)6/h7-12,21-22H,1-6H3. The number of hydrogen-bond donors (Lipinski definition) is 2. The molecule has 5 heteroatoms. The molecule has 2 N–H and O–H groups in total. The van der Waals surface area contributed by atoms with Gasteiger partial charge in [-0.15, -0.1) is 0 Å². The first-order valence-corrected chi connectivity index (χ1v) is 11.6. The molecule has 0 heterocycles. The van der Waals surface area contributed by atoms with Crippen LogP contribution in [0.3, 0.4) is 0 Å². The molecule has 0 aliphatic carbocycles. The van der Waals surface area contributed by atoms with Gasteiger partial charge >= 0.3 is 0 Å². The van der Waals surface area contributed by atoms with Gasteiger partial charge in [-0.05, 0) is 78.6 Å². The maximum absolute atomic E-state index is 10.1. The highest BCUT2D eigenvalue weighted by molar-refractivity contribution is 9.09. The summed E-state index contributed by atoms with van der Waals surface area (Å²) in [7, 11) is 5.04. The number of phenols is 2. The zero-order valence-electron chi connectivity index (χ0n) is 15.6. The number of benzene rings is 2. The Morgan fingerprint density at radius 3 is 1.32 bits per heavy atom. The molecule has 0 aliphatic heterocycles. The molecule has 0 atom stereocenters. The van der Waals surface area contributed by atoms with Crippen molar-refractivity contribution < 1.29 is 10.2 Å². The molecule has 0 amide bonds. The molecule has 136 valence electrons. The van der Waals surface area contributed by atoms with Crippen LogP contribution in [0.4, 0.5) is 0 Å². The van der Waals surface area contributed by atoms with E-state index in [2.05, 4.69) is 53.7 Å². The number of aromatic hydroxyl groups is 2. The lowest BCUT2D eigenvalue weighted by Crippen LogP contribution is -2.11. The van der Waals surface area contributed by atoms with Crippen LogP contribution in [-0.4, -0.2) is 10.2 Å². The molecule has 0 aromatic heterocycles. The van der Waals surface area contributed by atoms with Gasteiger partial charge < -0.3 is 10.2 Å². The fourth-order valence-electron chi connectivity index (χ4n) is 2.43. The van der Waals surface area contributed by atoms with Gasteiger partial charge in [0.15, 0.2) is 0 Å². The summed E-state index contributed by atoms with van der Waals surface area (Å²) in [6.45, 7) is 12.6. The maximum Gasteiger partial charge on any atom is 0.119 e. The largest absolute Gasteiger partial charge is 0.508 e. The third kappa shape index (κ3) is 5.53. The first-order chi connectivity index (χ1) is 11.5. The third-order valence-corrected chi connectivity index (χ3v) is 7.63. The lowest BCUT2D eigenvalue weighted by atomic mass is 9.86. The van der Waals surface area contributed by atoms with Gasteiger partial charge in [-0.3, -0.25) is 0 Å². The molecule has 0 unspecified atom stereocenters. The van der Waals surface area contributed by atoms with E-state index in [-0.39, 0.29) is 10.8 Å². The van der Waals surface area contributed by atoms with E-state index in [1.165, 1.54) is 0 Å². The van der Waals surface area contributed by atoms with Crippen molar-refractivity contribution in [3.8, 4) is 11.5 Å². The van der Waals surface area contributed by atoms with E-state index in [4.69, 9.17) is 0 Å². The van der Waals surface area contributed by atoms with Crippen molar-refractivity contribution >= 4 is 31.4 Å². The van der Waals surface area contributed by atoms with Crippen molar-refractivity contribution in [3.05, 3.63) is 47.5 Å². The molecule has 2 aromatic carbocycles. The maximum atomic E-state index is 10.1. The minimum Gasteiger partial charge on any atom is -0.508 e. The van der Waals surface area contributed by atoms with Gasteiger partial charge in [-0.2, -0.15) is 0 Å². The molecule has 0 fully saturated rings. The topological polar surface area (TPSA) is 40.5 Å². The van der Waals surface area contributed by atoms with E-state index in [0.717, 1.165) is 20.9 Å². The van der Waals surface area contributed by atoms with E-state index in [1.54, 1.807) is 43.5 Å². The molecular formula is C20H26O2S3. The van der Waals surface area contributed by atoms with Crippen LogP contribution in [0.1, 0.15) is 52.7 Å². The van der Waals surface area contributed by atoms with Crippen molar-refractivity contribution in [1.82, 2.24) is 0 Å². The minimum absolute atomic E-state index is 0.0863. The highest BCUT2D eigenvalue weighted by atomic mass is 33.5. The first-order valence-electron chi connectivity index (χ1n) is 8.16. The van der Waals surface area contributed by atoms with Crippen LogP contribution in [0.5, 0.6) is 11.5 Å². The Balaban J connectivity index is 2.07. The Hall–Kier alpha value is -0.910. The highest BCUT2D eigenvalue weighted by Gasteiger charge is 2.20. The summed E-state index contributed by atoms with van der Waals surface area (Å²) in [5.74, 6) is 0.700. The van der Waals surface area contributed by atoms with Gasteiger partial charge in [0.1, 0.15) is 11.5 Å². The molecular weight excluding hydrogens is 368 g/mol. The Morgan fingerprint density at radius 1 is 0.640 bits per heavy atom. The predicted molar refractivity (Wildman–Crippen MR) is 113 cm³/mol. The molecule has 25 heavy (non-hydrogen) atoms. The first kappa shape index (κ1) is 20.4. The second-order valence-electron chi connectivity index (χ2n) is 8.09. The van der Waals surface area contributed by atoms with Gasteiger partial charge in [0.05, 0.1) is 0 Å². The average Bonchev–Trinajstić information content (AvgIpc) is 2.48. The normalized spacial score (nSPS) is 12.4. The Kier molecular flexibility index (Phi) is 6.34. The van der Waals surface area contributed by atoms with Gasteiger partial charge in [0.2, 0.25) is 0 Å². The minimum atomic E-state index is -0.0863. The van der Waals surface area contributed by atoms with Gasteiger partial charge in [0.25, 0.3) is 0 Å². The lowest BCUT2D eigenvalue weighted by molar-refractivity contribution is 0.445. The zero-order valence-corrected chi connectivity index (χ0v) is 18.0. The van der Waals surface area contributed by atoms with Crippen LogP contribution in [-0.2, 0) is 10.8 Å². The third-order valence-electron chi connectivity index (χ3n) is 3.81. The summed E-state index contributed by atoms with van der Waals surface area (Å²) in [6.07, 6.45) is 0. The summed E-state index contributed by atoms with van der Waals surface area (Å²) in [5, 5.41) is 20.1. The van der Waals surface area contributed by atoms with Crippen molar-refractivity contribution in [2.45, 2.75) is 62.2 Å². The highest BCUT2D eigenvalue weighted by Crippen LogP contribution is 2.47. The SMILES string of the molecule is CC(C)(C)c1cc(SSSc2ccc(O)c(C(C)(C)C)c2)ccc1O. The Labute approximate surface area is 162 Å². The molecule has 0 saturated heterocycles. The Morgan fingerprint density at radius 2 is 1.00 bits per heavy atom. The van der Waals surface area contributed by atoms with Crippen LogP contribution in [0, 0.1) is 0 Å². The van der Waals surface area contributed by atoms with Gasteiger partial charge in [-0.1, -0.05) is 41.5 Å². The van der Waals surface area contributed by atoms with E-state index in [9.17, 15) is 10.2 Å². The molecule has 0 bridgehead atoms. The van der Waals surface area contributed by atoms with Crippen molar-refractivity contribution in [2.24, 2.45) is 0 Å². The average molecular weight is 395 g/mol. The monoisotopic (exact) mass is 394 g/mol. The van der Waals surface area contributed by atoms with E-state index < -0.39 is 0 Å². The predicted octanol–water partition coefficient (Wildman–Crippen LogP) is 7.14. The number of hydrogen-bond acceptors (Lipinski definition) is 5.